The number of nitrogens with zero attached hydrogens (tertiary/aromatic N) is 3. The molecule has 2 heterocycles. The molecule has 8 heteroatoms. The lowest BCUT2D eigenvalue weighted by atomic mass is 10.1. The van der Waals surface area contributed by atoms with Crippen molar-refractivity contribution in [3.63, 3.8) is 0 Å². The van der Waals surface area contributed by atoms with Gasteiger partial charge < -0.3 is 15.6 Å². The molecule has 0 radical (unpaired) electrons. The SMILES string of the molecule is CCC(CC)n1cc(-c2cnc(C)c(C(=O)C=C(N)c3ccc(CNCCF)cc3)n2)ccc1=O.[HH]. The summed E-state index contributed by atoms with van der Waals surface area (Å²) >= 11 is 0. The second-order valence-electron chi connectivity index (χ2n) is 8.35. The highest BCUT2D eigenvalue weighted by atomic mass is 19.1. The van der Waals surface area contributed by atoms with Gasteiger partial charge in [-0.15, -0.1) is 0 Å². The van der Waals surface area contributed by atoms with Crippen molar-refractivity contribution in [2.75, 3.05) is 13.2 Å². The Kier molecular flexibility index (Phi) is 9.03. The van der Waals surface area contributed by atoms with Crippen LogP contribution in [-0.4, -0.2) is 33.5 Å². The fraction of sp³-hybridized carbons (Fsp3) is 0.333. The molecule has 35 heavy (non-hydrogen) atoms. The number of ketones is 1. The van der Waals surface area contributed by atoms with Crippen molar-refractivity contribution in [1.82, 2.24) is 19.9 Å². The number of aryl methyl sites for hydroxylation is 1. The van der Waals surface area contributed by atoms with Gasteiger partial charge in [-0.05, 0) is 37.0 Å². The monoisotopic (exact) mass is 479 g/mol. The molecule has 2 aromatic heterocycles. The summed E-state index contributed by atoms with van der Waals surface area (Å²) in [4.78, 5) is 34.3. The number of allylic oxidation sites excluding steroid dienone is 1. The molecule has 0 bridgehead atoms. The van der Waals surface area contributed by atoms with E-state index in [0.29, 0.717) is 41.3 Å². The van der Waals surface area contributed by atoms with Gasteiger partial charge in [0.2, 0.25) is 5.78 Å². The molecule has 0 spiro atoms. The van der Waals surface area contributed by atoms with E-state index in [-0.39, 0.29) is 24.5 Å². The average molecular weight is 480 g/mol. The molecule has 0 saturated carbocycles. The zero-order valence-electron chi connectivity index (χ0n) is 20.4. The summed E-state index contributed by atoms with van der Waals surface area (Å²) in [5, 5.41) is 2.99. The first-order valence-corrected chi connectivity index (χ1v) is 11.8. The minimum Gasteiger partial charge on any atom is -0.398 e. The van der Waals surface area contributed by atoms with Crippen molar-refractivity contribution in [2.24, 2.45) is 5.73 Å². The number of benzene rings is 1. The predicted molar refractivity (Wildman–Crippen MR) is 139 cm³/mol. The Balaban J connectivity index is 0.00000456. The molecule has 1 aromatic carbocycles. The highest BCUT2D eigenvalue weighted by molar-refractivity contribution is 6.07. The van der Waals surface area contributed by atoms with Crippen LogP contribution in [0.5, 0.6) is 0 Å². The fourth-order valence-electron chi connectivity index (χ4n) is 3.85. The number of nitrogens with two attached hydrogens (primary N) is 1. The predicted octanol–water partition coefficient (Wildman–Crippen LogP) is 4.46. The van der Waals surface area contributed by atoms with E-state index in [2.05, 4.69) is 15.3 Å². The molecule has 186 valence electrons. The van der Waals surface area contributed by atoms with Gasteiger partial charge in [-0.1, -0.05) is 38.1 Å². The Hall–Kier alpha value is -3.65. The third kappa shape index (κ3) is 6.48. The fourth-order valence-corrected chi connectivity index (χ4v) is 3.85. The van der Waals surface area contributed by atoms with Gasteiger partial charge in [-0.25, -0.2) is 9.37 Å². The molecular formula is C27H34FN5O2. The van der Waals surface area contributed by atoms with Gasteiger partial charge in [0, 0.05) is 50.2 Å². The summed E-state index contributed by atoms with van der Waals surface area (Å²) in [6.07, 6.45) is 6.40. The van der Waals surface area contributed by atoms with Gasteiger partial charge in [0.05, 0.1) is 17.6 Å². The van der Waals surface area contributed by atoms with Crippen LogP contribution in [0, 0.1) is 6.92 Å². The Bertz CT molecular complexity index is 1250. The summed E-state index contributed by atoms with van der Waals surface area (Å²) in [6, 6.07) is 10.7. The van der Waals surface area contributed by atoms with Crippen molar-refractivity contribution in [3.8, 4) is 11.3 Å². The molecule has 3 aromatic rings. The number of carbonyl (C=O) groups is 1. The van der Waals surface area contributed by atoms with Crippen molar-refractivity contribution in [3.05, 3.63) is 87.7 Å². The largest absolute Gasteiger partial charge is 0.398 e. The van der Waals surface area contributed by atoms with Crippen LogP contribution in [0.2, 0.25) is 0 Å². The lowest BCUT2D eigenvalue weighted by Gasteiger charge is -2.17. The molecule has 0 fully saturated rings. The first-order chi connectivity index (χ1) is 16.9. The maximum Gasteiger partial charge on any atom is 0.250 e. The number of hydrogen-bond acceptors (Lipinski definition) is 6. The van der Waals surface area contributed by atoms with Crippen LogP contribution in [0.15, 0.2) is 59.7 Å². The summed E-state index contributed by atoms with van der Waals surface area (Å²) < 4.78 is 13.9. The van der Waals surface area contributed by atoms with Crippen LogP contribution in [0.1, 0.15) is 61.5 Å². The standard InChI is InChI=1S/C27H32FN5O2.H2/c1-4-22(5-2)33-17-21(10-11-26(33)35)24-16-31-18(3)27(32-24)25(34)14-23(29)20-8-6-19(7-9-20)15-30-13-12-28;/h6-11,14,16-17,22,30H,4-5,12-13,15,29H2,1-3H3;1H. The minimum absolute atomic E-state index is 0. The van der Waals surface area contributed by atoms with Crippen LogP contribution in [0.4, 0.5) is 4.39 Å². The molecular weight excluding hydrogens is 445 g/mol. The quantitative estimate of drug-likeness (QED) is 0.239. The number of halogens is 1. The first kappa shape index (κ1) is 26.0. The lowest BCUT2D eigenvalue weighted by Crippen LogP contribution is -2.23. The number of nitrogens with one attached hydrogen (secondary N) is 1. The molecule has 0 atom stereocenters. The number of aromatic nitrogens is 3. The molecule has 0 amide bonds. The van der Waals surface area contributed by atoms with Crippen molar-refractivity contribution in [2.45, 2.75) is 46.2 Å². The summed E-state index contributed by atoms with van der Waals surface area (Å²) in [5.74, 6) is -0.351. The highest BCUT2D eigenvalue weighted by Crippen LogP contribution is 2.21. The zero-order valence-corrected chi connectivity index (χ0v) is 20.4. The van der Waals surface area contributed by atoms with E-state index in [1.54, 1.807) is 30.0 Å². The number of alkyl halides is 1. The maximum absolute atomic E-state index is 13.0. The van der Waals surface area contributed by atoms with Crippen LogP contribution >= 0.6 is 0 Å². The van der Waals surface area contributed by atoms with Crippen LogP contribution in [-0.2, 0) is 6.54 Å². The summed E-state index contributed by atoms with van der Waals surface area (Å²) in [7, 11) is 0. The molecule has 3 N–H and O–H groups in total. The van der Waals surface area contributed by atoms with E-state index < -0.39 is 6.67 Å². The van der Waals surface area contributed by atoms with Gasteiger partial charge >= 0.3 is 0 Å². The number of rotatable bonds is 11. The van der Waals surface area contributed by atoms with E-state index >= 15 is 0 Å². The second kappa shape index (κ2) is 12.2. The molecule has 0 saturated heterocycles. The average Bonchev–Trinajstić information content (AvgIpc) is 2.86. The Morgan fingerprint density at radius 2 is 1.91 bits per heavy atom. The third-order valence-corrected chi connectivity index (χ3v) is 5.93. The minimum atomic E-state index is -0.415. The maximum atomic E-state index is 13.0. The van der Waals surface area contributed by atoms with Crippen molar-refractivity contribution in [1.29, 1.82) is 0 Å². The molecule has 3 rings (SSSR count). The van der Waals surface area contributed by atoms with Crippen molar-refractivity contribution >= 4 is 11.5 Å². The smallest absolute Gasteiger partial charge is 0.250 e. The second-order valence-corrected chi connectivity index (χ2v) is 8.35. The number of pyridine rings is 1. The van der Waals surface area contributed by atoms with E-state index in [1.807, 2.05) is 38.1 Å². The third-order valence-electron chi connectivity index (χ3n) is 5.93. The van der Waals surface area contributed by atoms with Crippen LogP contribution in [0.3, 0.4) is 0 Å². The van der Waals surface area contributed by atoms with Gasteiger partial charge in [-0.2, -0.15) is 0 Å². The normalized spacial score (nSPS) is 11.7. The summed E-state index contributed by atoms with van der Waals surface area (Å²) in [6.45, 7) is 6.25. The van der Waals surface area contributed by atoms with E-state index in [0.717, 1.165) is 18.4 Å². The Labute approximate surface area is 206 Å². The van der Waals surface area contributed by atoms with Crippen LogP contribution < -0.4 is 16.6 Å². The molecule has 0 aliphatic rings. The Morgan fingerprint density at radius 1 is 1.20 bits per heavy atom. The zero-order chi connectivity index (χ0) is 25.4. The highest BCUT2D eigenvalue weighted by Gasteiger charge is 2.15. The van der Waals surface area contributed by atoms with Crippen LogP contribution in [0.25, 0.3) is 17.0 Å². The molecule has 0 aliphatic carbocycles. The van der Waals surface area contributed by atoms with E-state index in [1.165, 1.54) is 12.1 Å². The van der Waals surface area contributed by atoms with E-state index in [9.17, 15) is 14.0 Å². The van der Waals surface area contributed by atoms with Crippen molar-refractivity contribution < 1.29 is 10.6 Å². The molecule has 0 unspecified atom stereocenters. The number of hydrogen-bond donors (Lipinski definition) is 2. The van der Waals surface area contributed by atoms with E-state index in [4.69, 9.17) is 5.73 Å². The lowest BCUT2D eigenvalue weighted by molar-refractivity contribution is 0.104. The number of carbonyl (C=O) groups excluding carboxylic acids is 1. The molecule has 0 aliphatic heterocycles. The van der Waals surface area contributed by atoms with Gasteiger partial charge in [0.1, 0.15) is 12.4 Å². The molecule has 7 nitrogen and oxygen atoms in total. The van der Waals surface area contributed by atoms with Gasteiger partial charge in [0.25, 0.3) is 5.56 Å². The summed E-state index contributed by atoms with van der Waals surface area (Å²) in [5.41, 5.74) is 10.0. The van der Waals surface area contributed by atoms with Gasteiger partial charge in [-0.3, -0.25) is 14.6 Å². The Morgan fingerprint density at radius 3 is 2.57 bits per heavy atom. The topological polar surface area (TPSA) is 103 Å². The first-order valence-electron chi connectivity index (χ1n) is 11.8. The van der Waals surface area contributed by atoms with Gasteiger partial charge in [0.15, 0.2) is 0 Å².